The first kappa shape index (κ1) is 23.9. The van der Waals surface area contributed by atoms with Crippen molar-refractivity contribution >= 4 is 29.9 Å². The molecule has 0 bridgehead atoms. The number of guanidine groups is 1. The van der Waals surface area contributed by atoms with Gasteiger partial charge in [0.1, 0.15) is 0 Å². The molecule has 8 heteroatoms. The van der Waals surface area contributed by atoms with E-state index in [9.17, 15) is 0 Å². The van der Waals surface area contributed by atoms with E-state index >= 15 is 0 Å². The minimum atomic E-state index is 0. The predicted octanol–water partition coefficient (Wildman–Crippen LogP) is 4.81. The Hall–Kier alpha value is -2.36. The summed E-state index contributed by atoms with van der Waals surface area (Å²) < 4.78 is 7.34. The number of aromatic nitrogens is 3. The molecule has 2 aromatic heterocycles. The summed E-state index contributed by atoms with van der Waals surface area (Å²) in [6, 6.07) is 12.3. The van der Waals surface area contributed by atoms with Crippen LogP contribution in [0.1, 0.15) is 62.6 Å². The molecule has 0 aliphatic carbocycles. The van der Waals surface area contributed by atoms with Crippen molar-refractivity contribution < 1.29 is 4.52 Å². The van der Waals surface area contributed by atoms with Crippen molar-refractivity contribution in [3.63, 3.8) is 0 Å². The number of halogens is 1. The average molecular weight is 522 g/mol. The zero-order chi connectivity index (χ0) is 20.6. The summed E-state index contributed by atoms with van der Waals surface area (Å²) in [6.45, 7) is 6.99. The van der Waals surface area contributed by atoms with Gasteiger partial charge in [-0.25, -0.2) is 4.68 Å². The number of nitrogens with zero attached hydrogens (tertiary/aromatic N) is 4. The summed E-state index contributed by atoms with van der Waals surface area (Å²) in [4.78, 5) is 4.33. The molecule has 1 aromatic carbocycles. The molecular formula is C22H31IN6O. The third-order valence-corrected chi connectivity index (χ3v) is 5.13. The molecule has 162 valence electrons. The van der Waals surface area contributed by atoms with E-state index < -0.39 is 0 Å². The van der Waals surface area contributed by atoms with E-state index in [1.807, 2.05) is 35.1 Å². The Morgan fingerprint density at radius 3 is 2.67 bits per heavy atom. The second-order valence-corrected chi connectivity index (χ2v) is 7.07. The van der Waals surface area contributed by atoms with Gasteiger partial charge >= 0.3 is 0 Å². The first-order chi connectivity index (χ1) is 14.1. The number of rotatable bonds is 8. The van der Waals surface area contributed by atoms with Gasteiger partial charge in [-0.3, -0.25) is 4.99 Å². The summed E-state index contributed by atoms with van der Waals surface area (Å²) in [6.07, 6.45) is 5.84. The highest BCUT2D eigenvalue weighted by Crippen LogP contribution is 2.22. The lowest BCUT2D eigenvalue weighted by Crippen LogP contribution is -2.38. The summed E-state index contributed by atoms with van der Waals surface area (Å²) in [5, 5.41) is 15.2. The molecule has 0 amide bonds. The molecule has 0 spiro atoms. The monoisotopic (exact) mass is 522 g/mol. The highest BCUT2D eigenvalue weighted by molar-refractivity contribution is 14.0. The summed E-state index contributed by atoms with van der Waals surface area (Å²) in [5.41, 5.74) is 3.20. The maximum absolute atomic E-state index is 5.49. The molecule has 0 fully saturated rings. The lowest BCUT2D eigenvalue weighted by molar-refractivity contribution is 0.368. The van der Waals surface area contributed by atoms with Crippen LogP contribution < -0.4 is 10.6 Å². The maximum atomic E-state index is 5.49. The Labute approximate surface area is 195 Å². The molecule has 3 rings (SSSR count). The lowest BCUT2D eigenvalue weighted by atomic mass is 9.99. The summed E-state index contributed by atoms with van der Waals surface area (Å²) >= 11 is 0. The quantitative estimate of drug-likeness (QED) is 0.252. The molecule has 30 heavy (non-hydrogen) atoms. The van der Waals surface area contributed by atoms with Gasteiger partial charge in [-0.2, -0.15) is 5.10 Å². The van der Waals surface area contributed by atoms with E-state index in [4.69, 9.17) is 4.52 Å². The van der Waals surface area contributed by atoms with Crippen molar-refractivity contribution in [2.24, 2.45) is 4.99 Å². The Morgan fingerprint density at radius 2 is 2.00 bits per heavy atom. The smallest absolute Gasteiger partial charge is 0.191 e. The van der Waals surface area contributed by atoms with Crippen molar-refractivity contribution in [2.45, 2.75) is 52.1 Å². The molecule has 3 aromatic rings. The van der Waals surface area contributed by atoms with Crippen LogP contribution in [0.5, 0.6) is 0 Å². The van der Waals surface area contributed by atoms with E-state index in [-0.39, 0.29) is 30.0 Å². The number of aliphatic imine (C=N–C) groups is 1. The topological polar surface area (TPSA) is 80.3 Å². The van der Waals surface area contributed by atoms with Crippen molar-refractivity contribution in [2.75, 3.05) is 7.05 Å². The Bertz CT molecular complexity index is 917. The van der Waals surface area contributed by atoms with Crippen molar-refractivity contribution in [3.05, 3.63) is 65.8 Å². The average Bonchev–Trinajstić information content (AvgIpc) is 3.44. The van der Waals surface area contributed by atoms with Crippen LogP contribution in [-0.4, -0.2) is 27.9 Å². The fourth-order valence-electron chi connectivity index (χ4n) is 3.32. The van der Waals surface area contributed by atoms with Gasteiger partial charge in [0.2, 0.25) is 0 Å². The molecule has 2 N–H and O–H groups in total. The summed E-state index contributed by atoms with van der Waals surface area (Å²) in [7, 11) is 1.76. The lowest BCUT2D eigenvalue weighted by Gasteiger charge is -2.18. The Morgan fingerprint density at radius 1 is 1.20 bits per heavy atom. The van der Waals surface area contributed by atoms with Gasteiger partial charge in [0.15, 0.2) is 11.7 Å². The Balaban J connectivity index is 0.00000320. The third kappa shape index (κ3) is 6.07. The first-order valence-electron chi connectivity index (χ1n) is 10.2. The fraction of sp³-hybridized carbons (Fsp3) is 0.409. The Kier molecular flexibility index (Phi) is 9.35. The number of hydrogen-bond donors (Lipinski definition) is 2. The number of benzene rings is 1. The molecule has 0 aliphatic rings. The zero-order valence-electron chi connectivity index (χ0n) is 18.0. The van der Waals surface area contributed by atoms with E-state index in [1.54, 1.807) is 13.2 Å². The molecule has 1 unspecified atom stereocenters. The molecule has 7 nitrogen and oxygen atoms in total. The van der Waals surface area contributed by atoms with Crippen molar-refractivity contribution in [1.82, 2.24) is 25.6 Å². The van der Waals surface area contributed by atoms with Gasteiger partial charge < -0.3 is 15.2 Å². The van der Waals surface area contributed by atoms with Gasteiger partial charge in [0.25, 0.3) is 0 Å². The first-order valence-corrected chi connectivity index (χ1v) is 10.2. The number of nitrogens with one attached hydrogen (secondary N) is 2. The molecule has 1 atom stereocenters. The van der Waals surface area contributed by atoms with Crippen molar-refractivity contribution in [1.29, 1.82) is 0 Å². The van der Waals surface area contributed by atoms with Gasteiger partial charge in [0, 0.05) is 31.4 Å². The van der Waals surface area contributed by atoms with E-state index in [0.29, 0.717) is 18.4 Å². The van der Waals surface area contributed by atoms with Crippen LogP contribution in [0.3, 0.4) is 0 Å². The standard InChI is InChI=1S/C22H30N6O.HI/c1-5-17(6-2)21-14-20(29-27-21)15-24-22(23-4)26-16(3)18-9-7-10-19(13-18)28-12-8-11-25-28;/h7-14,16-17H,5-6,15H2,1-4H3,(H2,23,24,26);1H. The molecular weight excluding hydrogens is 491 g/mol. The largest absolute Gasteiger partial charge is 0.359 e. The van der Waals surface area contributed by atoms with Gasteiger partial charge in [-0.1, -0.05) is 31.1 Å². The number of hydrogen-bond acceptors (Lipinski definition) is 4. The van der Waals surface area contributed by atoms with Crippen LogP contribution in [0, 0.1) is 0 Å². The molecule has 0 aliphatic heterocycles. The summed E-state index contributed by atoms with van der Waals surface area (Å²) in [5.74, 6) is 1.97. The van der Waals surface area contributed by atoms with Crippen LogP contribution in [0.2, 0.25) is 0 Å². The van der Waals surface area contributed by atoms with Gasteiger partial charge in [0.05, 0.1) is 24.0 Å². The SMILES string of the molecule is CCC(CC)c1cc(CNC(=NC)NC(C)c2cccc(-n3cccn3)c2)on1.I. The van der Waals surface area contributed by atoms with E-state index in [2.05, 4.69) is 58.8 Å². The molecule has 0 radical (unpaired) electrons. The second-order valence-electron chi connectivity index (χ2n) is 7.07. The molecule has 0 saturated carbocycles. The zero-order valence-corrected chi connectivity index (χ0v) is 20.3. The second kappa shape index (κ2) is 11.7. The van der Waals surface area contributed by atoms with Gasteiger partial charge in [-0.15, -0.1) is 24.0 Å². The molecule has 2 heterocycles. The van der Waals surface area contributed by atoms with Crippen LogP contribution >= 0.6 is 24.0 Å². The molecule has 0 saturated heterocycles. The highest BCUT2D eigenvalue weighted by Gasteiger charge is 2.14. The highest BCUT2D eigenvalue weighted by atomic mass is 127. The van der Waals surface area contributed by atoms with Crippen LogP contribution in [0.4, 0.5) is 0 Å². The van der Waals surface area contributed by atoms with Gasteiger partial charge in [-0.05, 0) is 43.5 Å². The predicted molar refractivity (Wildman–Crippen MR) is 131 cm³/mol. The maximum Gasteiger partial charge on any atom is 0.191 e. The van der Waals surface area contributed by atoms with Crippen molar-refractivity contribution in [3.8, 4) is 5.69 Å². The third-order valence-electron chi connectivity index (χ3n) is 5.13. The van der Waals surface area contributed by atoms with E-state index in [1.165, 1.54) is 0 Å². The normalized spacial score (nSPS) is 12.5. The minimum Gasteiger partial charge on any atom is -0.359 e. The van der Waals surface area contributed by atoms with Crippen LogP contribution in [-0.2, 0) is 6.54 Å². The minimum absolute atomic E-state index is 0. The van der Waals surface area contributed by atoms with E-state index in [0.717, 1.165) is 35.5 Å². The van der Waals surface area contributed by atoms with Crippen LogP contribution in [0.15, 0.2) is 58.3 Å². The fourth-order valence-corrected chi connectivity index (χ4v) is 3.32. The van der Waals surface area contributed by atoms with Crippen LogP contribution in [0.25, 0.3) is 5.69 Å².